The minimum Gasteiger partial charge on any atom is -0.458 e. The summed E-state index contributed by atoms with van der Waals surface area (Å²) in [4.78, 5) is 7.52. The number of hydrogen-bond donors (Lipinski definition) is 0. The zero-order valence-electron chi connectivity index (χ0n) is 73.2. The lowest BCUT2D eigenvalue weighted by atomic mass is 9.30. The zero-order chi connectivity index (χ0) is 84.5. The molecule has 4 nitrogen and oxygen atoms in total. The molecule has 119 heavy (non-hydrogen) atoms. The van der Waals surface area contributed by atoms with Crippen LogP contribution in [0.5, 0.6) is 11.5 Å². The number of nitrogens with zero attached hydrogens (tertiary/aromatic N) is 3. The molecule has 0 saturated carbocycles. The van der Waals surface area contributed by atoms with Crippen molar-refractivity contribution in [2.45, 2.75) is 84.0 Å². The van der Waals surface area contributed by atoms with Crippen LogP contribution in [0, 0.1) is 0 Å². The fourth-order valence-electron chi connectivity index (χ4n) is 20.9. The molecule has 0 aromatic heterocycles. The van der Waals surface area contributed by atoms with Crippen LogP contribution >= 0.6 is 0 Å². The quantitative estimate of drug-likeness (QED) is 0.141. The summed E-state index contributed by atoms with van der Waals surface area (Å²) in [6.45, 7) is 20.1. The molecule has 0 bridgehead atoms. The largest absolute Gasteiger partial charge is 0.458 e. The third-order valence-corrected chi connectivity index (χ3v) is 26.4. The van der Waals surface area contributed by atoms with Crippen molar-refractivity contribution >= 4 is 108 Å². The Balaban J connectivity index is 0.818. The van der Waals surface area contributed by atoms with Crippen LogP contribution in [0.2, 0.25) is 0 Å². The number of para-hydroxylation sites is 3. The van der Waals surface area contributed by atoms with E-state index in [2.05, 4.69) is 399 Å². The highest BCUT2D eigenvalue weighted by atomic mass is 16.5. The summed E-state index contributed by atoms with van der Waals surface area (Å²) in [5, 5.41) is 2.12. The molecular formula is C113H87B2N3O. The summed E-state index contributed by atoms with van der Waals surface area (Å²) in [7, 11) is 0. The Hall–Kier alpha value is -13.7. The summed E-state index contributed by atoms with van der Waals surface area (Å²) < 4.78 is 53.1. The average Bonchev–Trinajstić information content (AvgIpc) is 1.24. The van der Waals surface area contributed by atoms with Gasteiger partial charge in [0.05, 0.1) is 23.6 Å². The normalized spacial score (nSPS) is 14.6. The molecule has 0 unspecified atom stereocenters. The Morgan fingerprint density at radius 1 is 0.286 bits per heavy atom. The molecule has 17 aromatic rings. The Kier molecular flexibility index (Phi) is 14.4. The lowest BCUT2D eigenvalue weighted by molar-refractivity contribution is 0.488. The second-order valence-electron chi connectivity index (χ2n) is 36.2. The number of rotatable bonds is 8. The molecule has 566 valence electrons. The van der Waals surface area contributed by atoms with Gasteiger partial charge in [0.1, 0.15) is 11.5 Å². The molecule has 0 amide bonds. The second-order valence-corrected chi connectivity index (χ2v) is 36.2. The molecule has 1 spiro atoms. The van der Waals surface area contributed by atoms with E-state index < -0.39 is 11.5 Å². The number of ether oxygens (including phenoxy) is 1. The van der Waals surface area contributed by atoms with Gasteiger partial charge in [-0.1, -0.05) is 347 Å². The van der Waals surface area contributed by atoms with Crippen molar-refractivity contribution in [3.05, 3.63) is 403 Å². The SMILES string of the molecule is [2H]c1c([2H])c([2H])c(-c2ccc(N3c4cc5c(cc4B4c6ccccc6N(c6ccccc6)c6cc(-c7cc(C(C)(C)C)cc(C(C)(C)C)c7)cc3c64)B3c4ccccc4N(c4c(-c6ccccc6)cc(C(C)(C)C)cc4-c4ccccc4)c4c3c(cc3cc(-c6cccc7c6C6(c8ccccc8-c8ccccc86)c6ccccc6-7)ccc43)O5)cc2)c([2H])c1[2H]. The first-order valence-electron chi connectivity index (χ1n) is 44.3. The standard InChI is InChI=1S/C113H87B2N3O/c1-110(2,3)78-60-75(61-79(65-78)111(4,5)6)76-62-101-106-102(63-76)117(82-56-53-71(54-57-82)70-33-14-10-15-34-70)100-69-103-97(68-96(100)114(106)94-49-28-30-51-98(94)116(101)81-39-20-13-21-40-81)115-95-50-29-31-52-99(95)118(108-89(72-35-16-11-17-36-72)66-80(112(7,8)9)67-90(108)73-37-18-12-19-38-73)109-84-58-55-74(59-77(84)64-104(119-103)107(109)115)83-44-32-45-88-87-43-24-27-48-93(87)113(105(83)88)91-46-25-22-41-85(91)86-42-23-26-47-92(86)113/h10-69H,1-9H3/i10D,14D,15D,33D,34D. The molecular weight excluding hydrogens is 1440 g/mol. The summed E-state index contributed by atoms with van der Waals surface area (Å²) in [5.74, 6) is 1.49. The predicted octanol–water partition coefficient (Wildman–Crippen LogP) is 25.9. The first-order chi connectivity index (χ1) is 60.0. The van der Waals surface area contributed by atoms with Crippen molar-refractivity contribution < 1.29 is 11.6 Å². The molecule has 4 heterocycles. The van der Waals surface area contributed by atoms with E-state index in [-0.39, 0.29) is 59.4 Å². The van der Waals surface area contributed by atoms with E-state index >= 15 is 0 Å². The molecule has 0 saturated heterocycles. The first kappa shape index (κ1) is 65.5. The van der Waals surface area contributed by atoms with Gasteiger partial charge in [0.15, 0.2) is 0 Å². The number of anilines is 9. The molecule has 23 rings (SSSR count). The number of benzene rings is 17. The summed E-state index contributed by atoms with van der Waals surface area (Å²) in [6, 6.07) is 123. The van der Waals surface area contributed by atoms with Crippen molar-refractivity contribution in [3.8, 4) is 89.4 Å². The van der Waals surface area contributed by atoms with E-state index in [1.165, 1.54) is 66.8 Å². The Labute approximate surface area is 706 Å². The van der Waals surface area contributed by atoms with Crippen molar-refractivity contribution in [2.24, 2.45) is 0 Å². The highest BCUT2D eigenvalue weighted by Crippen LogP contribution is 2.65. The van der Waals surface area contributed by atoms with Crippen LogP contribution in [0.3, 0.4) is 0 Å². The van der Waals surface area contributed by atoms with Crippen LogP contribution in [0.15, 0.2) is 364 Å². The van der Waals surface area contributed by atoms with Gasteiger partial charge in [0.25, 0.3) is 13.4 Å². The third kappa shape index (κ3) is 10.6. The lowest BCUT2D eigenvalue weighted by Gasteiger charge is -2.46. The van der Waals surface area contributed by atoms with Gasteiger partial charge in [0.2, 0.25) is 0 Å². The maximum absolute atomic E-state index is 9.27. The second kappa shape index (κ2) is 26.2. The highest BCUT2D eigenvalue weighted by Gasteiger charge is 2.54. The molecule has 6 aliphatic rings. The molecule has 2 aliphatic carbocycles. The first-order valence-corrected chi connectivity index (χ1v) is 41.8. The average molecular weight is 1530 g/mol. The maximum atomic E-state index is 9.27. The van der Waals surface area contributed by atoms with Crippen LogP contribution in [-0.4, -0.2) is 13.4 Å². The minimum absolute atomic E-state index is 0.146. The van der Waals surface area contributed by atoms with E-state index in [4.69, 9.17) is 8.85 Å². The Bertz CT molecular complexity index is 7250. The van der Waals surface area contributed by atoms with Crippen molar-refractivity contribution in [2.75, 3.05) is 14.7 Å². The highest BCUT2D eigenvalue weighted by molar-refractivity contribution is 7.02. The van der Waals surface area contributed by atoms with E-state index in [0.29, 0.717) is 5.56 Å². The van der Waals surface area contributed by atoms with Gasteiger partial charge < -0.3 is 19.4 Å². The Morgan fingerprint density at radius 3 is 1.34 bits per heavy atom. The van der Waals surface area contributed by atoms with E-state index in [1.54, 1.807) is 0 Å². The van der Waals surface area contributed by atoms with Crippen molar-refractivity contribution in [1.82, 2.24) is 0 Å². The molecule has 0 radical (unpaired) electrons. The van der Waals surface area contributed by atoms with Crippen LogP contribution in [0.25, 0.3) is 88.7 Å². The van der Waals surface area contributed by atoms with Gasteiger partial charge in [-0.3, -0.25) is 0 Å². The monoisotopic (exact) mass is 1530 g/mol. The zero-order valence-corrected chi connectivity index (χ0v) is 68.2. The van der Waals surface area contributed by atoms with E-state index in [1.807, 2.05) is 12.1 Å². The van der Waals surface area contributed by atoms with Crippen LogP contribution in [0.1, 0.15) is 108 Å². The molecule has 6 heteroatoms. The van der Waals surface area contributed by atoms with Crippen molar-refractivity contribution in [3.63, 3.8) is 0 Å². The van der Waals surface area contributed by atoms with Gasteiger partial charge in [0, 0.05) is 62.4 Å². The topological polar surface area (TPSA) is 19.0 Å². The predicted molar refractivity (Wildman–Crippen MR) is 503 cm³/mol. The molecule has 17 aromatic carbocycles. The summed E-state index contributed by atoms with van der Waals surface area (Å²) in [6.07, 6.45) is 0. The van der Waals surface area contributed by atoms with Gasteiger partial charge in [-0.2, -0.15) is 0 Å². The molecule has 4 aliphatic heterocycles. The Morgan fingerprint density at radius 2 is 0.756 bits per heavy atom. The van der Waals surface area contributed by atoms with Gasteiger partial charge in [-0.05, 0) is 233 Å². The van der Waals surface area contributed by atoms with Gasteiger partial charge in [-0.25, -0.2) is 0 Å². The van der Waals surface area contributed by atoms with E-state index in [0.717, 1.165) is 145 Å². The third-order valence-electron chi connectivity index (χ3n) is 26.4. The minimum atomic E-state index is -0.606. The lowest BCUT2D eigenvalue weighted by Crippen LogP contribution is -2.64. The van der Waals surface area contributed by atoms with Gasteiger partial charge >= 0.3 is 0 Å². The summed E-state index contributed by atoms with van der Waals surface area (Å²) in [5.41, 5.74) is 38.0. The van der Waals surface area contributed by atoms with Crippen LogP contribution in [0.4, 0.5) is 51.2 Å². The maximum Gasteiger partial charge on any atom is 0.256 e. The number of fused-ring (bicyclic) bond motifs is 20. The van der Waals surface area contributed by atoms with Crippen molar-refractivity contribution in [1.29, 1.82) is 0 Å². The number of hydrogen-bond acceptors (Lipinski definition) is 4. The molecule has 0 N–H and O–H groups in total. The van der Waals surface area contributed by atoms with E-state index in [9.17, 15) is 2.74 Å². The smallest absolute Gasteiger partial charge is 0.256 e. The van der Waals surface area contributed by atoms with Gasteiger partial charge in [-0.15, -0.1) is 0 Å². The fourth-order valence-corrected chi connectivity index (χ4v) is 20.9. The summed E-state index contributed by atoms with van der Waals surface area (Å²) >= 11 is 0. The molecule has 0 atom stereocenters. The molecule has 0 fully saturated rings. The van der Waals surface area contributed by atoms with Crippen LogP contribution < -0.4 is 52.2 Å². The van der Waals surface area contributed by atoms with Crippen LogP contribution in [-0.2, 0) is 21.7 Å². The fraction of sp³-hybridized carbons (Fsp3) is 0.115.